The number of methoxy groups -OCH3 is 2. The summed E-state index contributed by atoms with van der Waals surface area (Å²) >= 11 is 0. The lowest BCUT2D eigenvalue weighted by Crippen LogP contribution is -2.34. The van der Waals surface area contributed by atoms with E-state index in [2.05, 4.69) is 5.32 Å². The highest BCUT2D eigenvalue weighted by molar-refractivity contribution is 6.07. The van der Waals surface area contributed by atoms with Gasteiger partial charge in [0, 0.05) is 0 Å². The molecule has 0 bridgehead atoms. The van der Waals surface area contributed by atoms with Crippen molar-refractivity contribution in [1.29, 1.82) is 0 Å². The van der Waals surface area contributed by atoms with Crippen LogP contribution < -0.4 is 14.8 Å². The Morgan fingerprint density at radius 3 is 2.35 bits per heavy atom. The lowest BCUT2D eigenvalue weighted by Gasteiger charge is -2.09. The van der Waals surface area contributed by atoms with Crippen LogP contribution in [-0.4, -0.2) is 38.6 Å². The zero-order valence-electron chi connectivity index (χ0n) is 14.7. The van der Waals surface area contributed by atoms with Crippen molar-refractivity contribution in [3.63, 3.8) is 0 Å². The molecule has 0 spiro atoms. The van der Waals surface area contributed by atoms with Crippen LogP contribution in [0.3, 0.4) is 0 Å². The third-order valence-corrected chi connectivity index (χ3v) is 3.58. The van der Waals surface area contributed by atoms with Crippen molar-refractivity contribution in [2.75, 3.05) is 20.8 Å². The topological polar surface area (TPSA) is 90.9 Å². The first-order valence-corrected chi connectivity index (χ1v) is 7.75. The van der Waals surface area contributed by atoms with Crippen LogP contribution in [0.1, 0.15) is 26.3 Å². The van der Waals surface area contributed by atoms with Crippen LogP contribution in [0.25, 0.3) is 0 Å². The molecule has 0 heterocycles. The number of rotatable bonds is 6. The molecular weight excluding hydrogens is 338 g/mol. The molecule has 0 aliphatic carbocycles. The number of hydrogen-bond acceptors (Lipinski definition) is 6. The van der Waals surface area contributed by atoms with Gasteiger partial charge < -0.3 is 14.2 Å². The largest absolute Gasteiger partial charge is 0.496 e. The summed E-state index contributed by atoms with van der Waals surface area (Å²) in [6, 6.07) is 11.3. The molecule has 2 aromatic rings. The minimum Gasteiger partial charge on any atom is -0.496 e. The molecule has 7 heteroatoms. The molecule has 1 N–H and O–H groups in total. The summed E-state index contributed by atoms with van der Waals surface area (Å²) < 4.78 is 15.1. The van der Waals surface area contributed by atoms with Crippen LogP contribution in [0.15, 0.2) is 42.5 Å². The molecule has 0 aliphatic rings. The lowest BCUT2D eigenvalue weighted by atomic mass is 10.1. The summed E-state index contributed by atoms with van der Waals surface area (Å²) in [6.07, 6.45) is 0. The number of nitrogens with one attached hydrogen (secondary N) is 1. The molecule has 0 saturated carbocycles. The Bertz CT molecular complexity index is 831. The van der Waals surface area contributed by atoms with Gasteiger partial charge in [0.15, 0.2) is 6.61 Å². The smallest absolute Gasteiger partial charge is 0.338 e. The Kier molecular flexibility index (Phi) is 6.32. The molecule has 2 amide bonds. The minimum absolute atomic E-state index is 0.206. The van der Waals surface area contributed by atoms with Gasteiger partial charge in [-0.15, -0.1) is 0 Å². The maximum Gasteiger partial charge on any atom is 0.338 e. The lowest BCUT2D eigenvalue weighted by molar-refractivity contribution is -0.123. The average molecular weight is 357 g/mol. The second-order valence-electron chi connectivity index (χ2n) is 5.34. The number of esters is 1. The summed E-state index contributed by atoms with van der Waals surface area (Å²) in [7, 11) is 2.92. The van der Waals surface area contributed by atoms with Crippen molar-refractivity contribution in [2.45, 2.75) is 6.92 Å². The van der Waals surface area contributed by atoms with Gasteiger partial charge >= 0.3 is 5.97 Å². The van der Waals surface area contributed by atoms with E-state index in [9.17, 15) is 14.4 Å². The first-order chi connectivity index (χ1) is 12.5. The quantitative estimate of drug-likeness (QED) is 0.797. The third kappa shape index (κ3) is 4.60. The molecule has 0 unspecified atom stereocenters. The summed E-state index contributed by atoms with van der Waals surface area (Å²) in [5.74, 6) is -1.20. The fourth-order valence-corrected chi connectivity index (χ4v) is 2.22. The van der Waals surface area contributed by atoms with Gasteiger partial charge in [-0.3, -0.25) is 14.9 Å². The molecule has 0 fully saturated rings. The van der Waals surface area contributed by atoms with Crippen LogP contribution >= 0.6 is 0 Å². The highest BCUT2D eigenvalue weighted by atomic mass is 16.5. The zero-order chi connectivity index (χ0) is 19.1. The van der Waals surface area contributed by atoms with Gasteiger partial charge in [0.05, 0.1) is 25.3 Å². The van der Waals surface area contributed by atoms with Gasteiger partial charge in [0.2, 0.25) is 0 Å². The van der Waals surface area contributed by atoms with E-state index in [1.807, 2.05) is 6.92 Å². The first-order valence-electron chi connectivity index (χ1n) is 7.75. The van der Waals surface area contributed by atoms with Gasteiger partial charge in [0.1, 0.15) is 11.5 Å². The molecule has 2 rings (SSSR count). The van der Waals surface area contributed by atoms with E-state index < -0.39 is 24.4 Å². The number of ether oxygens (including phenoxy) is 3. The van der Waals surface area contributed by atoms with E-state index in [0.29, 0.717) is 11.5 Å². The Morgan fingerprint density at radius 1 is 0.962 bits per heavy atom. The van der Waals surface area contributed by atoms with E-state index in [0.717, 1.165) is 5.56 Å². The molecule has 136 valence electrons. The summed E-state index contributed by atoms with van der Waals surface area (Å²) in [6.45, 7) is 1.25. The number of aryl methyl sites for hydroxylation is 1. The summed E-state index contributed by atoms with van der Waals surface area (Å²) in [5, 5.41) is 2.15. The Labute approximate surface area is 150 Å². The molecule has 0 aliphatic heterocycles. The predicted octanol–water partition coefficient (Wildman–Crippen LogP) is 2.13. The number of benzene rings is 2. The standard InChI is InChI=1S/C19H19NO6/c1-12-8-9-13(10-16(12)25-3)19(23)26-11-17(21)20-18(22)14-6-4-5-7-15(14)24-2/h4-10H,11H2,1-3H3,(H,20,21,22). The molecule has 7 nitrogen and oxygen atoms in total. The second kappa shape index (κ2) is 8.66. The van der Waals surface area contributed by atoms with Crippen molar-refractivity contribution < 1.29 is 28.6 Å². The Hall–Kier alpha value is -3.35. The molecular formula is C19H19NO6. The highest BCUT2D eigenvalue weighted by Gasteiger charge is 2.17. The van der Waals surface area contributed by atoms with Gasteiger partial charge in [-0.25, -0.2) is 4.79 Å². The van der Waals surface area contributed by atoms with E-state index in [1.165, 1.54) is 26.4 Å². The van der Waals surface area contributed by atoms with E-state index in [1.54, 1.807) is 30.3 Å². The van der Waals surface area contributed by atoms with Crippen LogP contribution in [0.5, 0.6) is 11.5 Å². The molecule has 0 atom stereocenters. The van der Waals surface area contributed by atoms with Crippen molar-refractivity contribution in [3.8, 4) is 11.5 Å². The van der Waals surface area contributed by atoms with Crippen molar-refractivity contribution in [2.24, 2.45) is 0 Å². The highest BCUT2D eigenvalue weighted by Crippen LogP contribution is 2.19. The molecule has 2 aromatic carbocycles. The SMILES string of the molecule is COc1cc(C(=O)OCC(=O)NC(=O)c2ccccc2OC)ccc1C. The monoisotopic (exact) mass is 357 g/mol. The normalized spacial score (nSPS) is 9.96. The van der Waals surface area contributed by atoms with Crippen molar-refractivity contribution in [3.05, 3.63) is 59.2 Å². The van der Waals surface area contributed by atoms with E-state index in [4.69, 9.17) is 14.2 Å². The van der Waals surface area contributed by atoms with Gasteiger partial charge in [-0.1, -0.05) is 18.2 Å². The first kappa shape index (κ1) is 19.0. The van der Waals surface area contributed by atoms with Crippen LogP contribution in [0.4, 0.5) is 0 Å². The van der Waals surface area contributed by atoms with Crippen molar-refractivity contribution in [1.82, 2.24) is 5.32 Å². The zero-order valence-corrected chi connectivity index (χ0v) is 14.7. The molecule has 0 saturated heterocycles. The molecule has 26 heavy (non-hydrogen) atoms. The maximum absolute atomic E-state index is 12.1. The number of hydrogen-bond donors (Lipinski definition) is 1. The summed E-state index contributed by atoms with van der Waals surface area (Å²) in [5.41, 5.74) is 1.32. The Balaban J connectivity index is 1.94. The maximum atomic E-state index is 12.1. The molecule has 0 radical (unpaired) electrons. The van der Waals surface area contributed by atoms with Gasteiger partial charge in [-0.05, 0) is 36.8 Å². The fourth-order valence-electron chi connectivity index (χ4n) is 2.22. The van der Waals surface area contributed by atoms with Crippen LogP contribution in [0, 0.1) is 6.92 Å². The Morgan fingerprint density at radius 2 is 1.65 bits per heavy atom. The third-order valence-electron chi connectivity index (χ3n) is 3.58. The molecule has 0 aromatic heterocycles. The number of carbonyl (C=O) groups excluding carboxylic acids is 3. The average Bonchev–Trinajstić information content (AvgIpc) is 2.66. The number of carbonyl (C=O) groups is 3. The number of amides is 2. The van der Waals surface area contributed by atoms with Crippen LogP contribution in [0.2, 0.25) is 0 Å². The van der Waals surface area contributed by atoms with Crippen LogP contribution in [-0.2, 0) is 9.53 Å². The predicted molar refractivity (Wildman–Crippen MR) is 93.5 cm³/mol. The minimum atomic E-state index is -0.742. The van der Waals surface area contributed by atoms with Gasteiger partial charge in [0.25, 0.3) is 11.8 Å². The van der Waals surface area contributed by atoms with E-state index in [-0.39, 0.29) is 11.1 Å². The van der Waals surface area contributed by atoms with Crippen molar-refractivity contribution >= 4 is 17.8 Å². The number of imide groups is 1. The summed E-state index contributed by atoms with van der Waals surface area (Å²) in [4.78, 5) is 36.0. The second-order valence-corrected chi connectivity index (χ2v) is 5.34. The number of para-hydroxylation sites is 1. The van der Waals surface area contributed by atoms with Gasteiger partial charge in [-0.2, -0.15) is 0 Å². The fraction of sp³-hybridized carbons (Fsp3) is 0.211. The van der Waals surface area contributed by atoms with E-state index >= 15 is 0 Å².